The number of anilines is 1. The zero-order valence-corrected chi connectivity index (χ0v) is 14.7. The van der Waals surface area contributed by atoms with E-state index >= 15 is 0 Å². The third-order valence-electron chi connectivity index (χ3n) is 3.05. The van der Waals surface area contributed by atoms with Crippen LogP contribution in [0, 0.1) is 0 Å². The van der Waals surface area contributed by atoms with Gasteiger partial charge in [0.1, 0.15) is 16.5 Å². The van der Waals surface area contributed by atoms with Crippen molar-refractivity contribution in [2.45, 2.75) is 24.9 Å². The first-order valence-electron chi connectivity index (χ1n) is 6.80. The van der Waals surface area contributed by atoms with E-state index in [4.69, 9.17) is 9.97 Å². The standard InChI is InChI=1S/C15H17N3S3/c1-9(2)20-8-12-17-14(16-3)13-10(7-21-15(13)18-12)11-5-4-6-19-11/h4-7,9H,8H2,1-3H3,(H,16,17,18). The molecule has 3 nitrogen and oxygen atoms in total. The average molecular weight is 336 g/mol. The fourth-order valence-corrected chi connectivity index (χ4v) is 4.48. The minimum atomic E-state index is 0.590. The number of aromatic nitrogens is 2. The molecule has 0 fully saturated rings. The third kappa shape index (κ3) is 3.07. The number of hydrogen-bond donors (Lipinski definition) is 1. The van der Waals surface area contributed by atoms with Crippen LogP contribution >= 0.6 is 34.4 Å². The van der Waals surface area contributed by atoms with E-state index in [-0.39, 0.29) is 0 Å². The van der Waals surface area contributed by atoms with Crippen molar-refractivity contribution in [3.63, 3.8) is 0 Å². The first-order valence-corrected chi connectivity index (χ1v) is 9.61. The zero-order chi connectivity index (χ0) is 14.8. The van der Waals surface area contributed by atoms with Crippen molar-refractivity contribution in [2.24, 2.45) is 0 Å². The molecule has 0 radical (unpaired) electrons. The maximum atomic E-state index is 4.74. The summed E-state index contributed by atoms with van der Waals surface area (Å²) in [6, 6.07) is 4.23. The van der Waals surface area contributed by atoms with Crippen molar-refractivity contribution < 1.29 is 0 Å². The largest absolute Gasteiger partial charge is 0.372 e. The molecule has 0 aliphatic rings. The Hall–Kier alpha value is -1.11. The predicted molar refractivity (Wildman–Crippen MR) is 96.7 cm³/mol. The van der Waals surface area contributed by atoms with Gasteiger partial charge in [-0.25, -0.2) is 9.97 Å². The molecule has 21 heavy (non-hydrogen) atoms. The molecule has 0 unspecified atom stereocenters. The molecule has 0 bridgehead atoms. The van der Waals surface area contributed by atoms with Gasteiger partial charge in [-0.1, -0.05) is 19.9 Å². The van der Waals surface area contributed by atoms with Gasteiger partial charge in [-0.05, 0) is 16.7 Å². The lowest BCUT2D eigenvalue weighted by molar-refractivity contribution is 1.05. The van der Waals surface area contributed by atoms with E-state index in [0.717, 1.165) is 27.6 Å². The second-order valence-corrected chi connectivity index (χ2v) is 8.28. The summed E-state index contributed by atoms with van der Waals surface area (Å²) in [6.07, 6.45) is 0. The molecule has 3 aromatic rings. The molecule has 0 aliphatic carbocycles. The van der Waals surface area contributed by atoms with E-state index in [0.29, 0.717) is 5.25 Å². The molecule has 3 rings (SSSR count). The Labute approximate surface area is 136 Å². The van der Waals surface area contributed by atoms with E-state index in [1.807, 2.05) is 18.8 Å². The van der Waals surface area contributed by atoms with Crippen LogP contribution < -0.4 is 5.32 Å². The topological polar surface area (TPSA) is 37.8 Å². The molecule has 0 amide bonds. The summed E-state index contributed by atoms with van der Waals surface area (Å²) in [5.74, 6) is 2.70. The summed E-state index contributed by atoms with van der Waals surface area (Å²) >= 11 is 5.32. The number of thiophene rings is 2. The molecular weight excluding hydrogens is 318 g/mol. The molecule has 3 aromatic heterocycles. The molecule has 0 atom stereocenters. The van der Waals surface area contributed by atoms with Gasteiger partial charge in [0.15, 0.2) is 0 Å². The van der Waals surface area contributed by atoms with Crippen LogP contribution in [-0.2, 0) is 5.75 Å². The molecule has 0 aromatic carbocycles. The number of fused-ring (bicyclic) bond motifs is 1. The van der Waals surface area contributed by atoms with Crippen molar-refractivity contribution in [1.82, 2.24) is 9.97 Å². The highest BCUT2D eigenvalue weighted by atomic mass is 32.2. The highest BCUT2D eigenvalue weighted by molar-refractivity contribution is 7.99. The van der Waals surface area contributed by atoms with Gasteiger partial charge < -0.3 is 5.32 Å². The van der Waals surface area contributed by atoms with Crippen molar-refractivity contribution >= 4 is 50.5 Å². The first-order chi connectivity index (χ1) is 10.2. The predicted octanol–water partition coefficient (Wildman–Crippen LogP) is 5.10. The fraction of sp³-hybridized carbons (Fsp3) is 0.333. The van der Waals surface area contributed by atoms with E-state index < -0.39 is 0 Å². The Morgan fingerprint density at radius 3 is 2.81 bits per heavy atom. The average Bonchev–Trinajstić information content (AvgIpc) is 3.12. The minimum absolute atomic E-state index is 0.590. The SMILES string of the molecule is CNc1nc(CSC(C)C)nc2scc(-c3cccs3)c12. The Kier molecular flexibility index (Phi) is 4.47. The quantitative estimate of drug-likeness (QED) is 0.703. The van der Waals surface area contributed by atoms with Gasteiger partial charge in [0.25, 0.3) is 0 Å². The number of thioether (sulfide) groups is 1. The monoisotopic (exact) mass is 335 g/mol. The van der Waals surface area contributed by atoms with Gasteiger partial charge in [-0.3, -0.25) is 0 Å². The smallest absolute Gasteiger partial charge is 0.142 e. The maximum absolute atomic E-state index is 4.74. The summed E-state index contributed by atoms with van der Waals surface area (Å²) in [5, 5.41) is 9.26. The fourth-order valence-electron chi connectivity index (χ4n) is 2.09. The van der Waals surface area contributed by atoms with Gasteiger partial charge >= 0.3 is 0 Å². The molecule has 6 heteroatoms. The van der Waals surface area contributed by atoms with Gasteiger partial charge in [0, 0.05) is 22.9 Å². The zero-order valence-electron chi connectivity index (χ0n) is 12.2. The molecule has 1 N–H and O–H groups in total. The molecule has 0 aliphatic heterocycles. The van der Waals surface area contributed by atoms with E-state index in [1.165, 1.54) is 10.4 Å². The Morgan fingerprint density at radius 2 is 2.14 bits per heavy atom. The third-order valence-corrected chi connectivity index (χ3v) is 5.92. The lowest BCUT2D eigenvalue weighted by Crippen LogP contribution is -2.01. The van der Waals surface area contributed by atoms with Gasteiger partial charge in [0.2, 0.25) is 0 Å². The van der Waals surface area contributed by atoms with Gasteiger partial charge in [-0.15, -0.1) is 22.7 Å². The van der Waals surface area contributed by atoms with Crippen LogP contribution in [0.15, 0.2) is 22.9 Å². The summed E-state index contributed by atoms with van der Waals surface area (Å²) in [7, 11) is 1.93. The Morgan fingerprint density at radius 1 is 1.29 bits per heavy atom. The normalized spacial score (nSPS) is 11.4. The summed E-state index contributed by atoms with van der Waals surface area (Å²) in [5.41, 5.74) is 1.23. The van der Waals surface area contributed by atoms with E-state index in [9.17, 15) is 0 Å². The Balaban J connectivity index is 2.06. The highest BCUT2D eigenvalue weighted by Crippen LogP contribution is 2.39. The van der Waals surface area contributed by atoms with Crippen molar-refractivity contribution in [3.05, 3.63) is 28.7 Å². The summed E-state index contributed by atoms with van der Waals surface area (Å²) in [6.45, 7) is 4.39. The molecule has 110 valence electrons. The van der Waals surface area contributed by atoms with E-state index in [2.05, 4.69) is 42.1 Å². The summed E-state index contributed by atoms with van der Waals surface area (Å²) < 4.78 is 0. The van der Waals surface area contributed by atoms with Crippen molar-refractivity contribution in [2.75, 3.05) is 12.4 Å². The van der Waals surface area contributed by atoms with Crippen LogP contribution in [0.1, 0.15) is 19.7 Å². The molecule has 0 saturated heterocycles. The maximum Gasteiger partial charge on any atom is 0.142 e. The highest BCUT2D eigenvalue weighted by Gasteiger charge is 2.15. The van der Waals surface area contributed by atoms with Crippen LogP contribution in [0.25, 0.3) is 20.7 Å². The number of nitrogens with one attached hydrogen (secondary N) is 1. The Bertz CT molecular complexity index is 732. The molecular formula is C15H17N3S3. The summed E-state index contributed by atoms with van der Waals surface area (Å²) in [4.78, 5) is 11.8. The molecule has 0 saturated carbocycles. The molecule has 0 spiro atoms. The lowest BCUT2D eigenvalue weighted by atomic mass is 10.2. The van der Waals surface area contributed by atoms with Crippen LogP contribution in [-0.4, -0.2) is 22.3 Å². The number of hydrogen-bond acceptors (Lipinski definition) is 6. The van der Waals surface area contributed by atoms with Crippen molar-refractivity contribution in [1.29, 1.82) is 0 Å². The molecule has 3 heterocycles. The number of nitrogens with zero attached hydrogens (tertiary/aromatic N) is 2. The van der Waals surface area contributed by atoms with Crippen LogP contribution in [0.5, 0.6) is 0 Å². The minimum Gasteiger partial charge on any atom is -0.372 e. The lowest BCUT2D eigenvalue weighted by Gasteiger charge is -2.08. The van der Waals surface area contributed by atoms with Crippen LogP contribution in [0.2, 0.25) is 0 Å². The number of rotatable bonds is 5. The van der Waals surface area contributed by atoms with E-state index in [1.54, 1.807) is 22.7 Å². The van der Waals surface area contributed by atoms with Crippen LogP contribution in [0.4, 0.5) is 5.82 Å². The second-order valence-electron chi connectivity index (χ2n) is 4.91. The van der Waals surface area contributed by atoms with Crippen LogP contribution in [0.3, 0.4) is 0 Å². The van der Waals surface area contributed by atoms with Gasteiger partial charge in [0.05, 0.1) is 11.1 Å². The first kappa shape index (κ1) is 14.8. The second kappa shape index (κ2) is 6.34. The van der Waals surface area contributed by atoms with Crippen molar-refractivity contribution in [3.8, 4) is 10.4 Å². The van der Waals surface area contributed by atoms with Gasteiger partial charge in [-0.2, -0.15) is 11.8 Å².